The summed E-state index contributed by atoms with van der Waals surface area (Å²) < 4.78 is 19.1. The third kappa shape index (κ3) is 2.64. The molecule has 0 saturated carbocycles. The number of hydrogen-bond donors (Lipinski definition) is 0. The van der Waals surface area contributed by atoms with Crippen LogP contribution >= 0.6 is 0 Å². The van der Waals surface area contributed by atoms with E-state index in [1.54, 1.807) is 6.07 Å². The van der Waals surface area contributed by atoms with Crippen LogP contribution in [0.3, 0.4) is 0 Å². The Morgan fingerprint density at radius 2 is 1.26 bits per heavy atom. The van der Waals surface area contributed by atoms with Crippen molar-refractivity contribution in [2.45, 2.75) is 0 Å². The fourth-order valence-corrected chi connectivity index (χ4v) is 5.42. The topological polar surface area (TPSA) is 33.6 Å². The lowest BCUT2D eigenvalue weighted by molar-refractivity contribution is 0.623. The van der Waals surface area contributed by atoms with Crippen molar-refractivity contribution >= 4 is 43.6 Å². The molecule has 0 aliphatic heterocycles. The van der Waals surface area contributed by atoms with Crippen molar-refractivity contribution in [2.24, 2.45) is 0 Å². The van der Waals surface area contributed by atoms with Gasteiger partial charge < -0.3 is 9.13 Å². The SMILES string of the molecule is N#Cc1c(F)cccc1-n1c2ccccc2c2ccc3c(c4ccccc4n3-c3ccccc3)c21. The molecule has 0 aliphatic rings. The normalized spacial score (nSPS) is 11.5. The summed E-state index contributed by atoms with van der Waals surface area (Å²) in [7, 11) is 0. The average Bonchev–Trinajstić information content (AvgIpc) is 3.42. The molecule has 0 saturated heterocycles. The van der Waals surface area contributed by atoms with Crippen molar-refractivity contribution in [1.82, 2.24) is 9.13 Å². The van der Waals surface area contributed by atoms with Gasteiger partial charge in [-0.05, 0) is 42.5 Å². The maximum Gasteiger partial charge on any atom is 0.143 e. The smallest absolute Gasteiger partial charge is 0.143 e. The van der Waals surface area contributed by atoms with Gasteiger partial charge >= 0.3 is 0 Å². The van der Waals surface area contributed by atoms with Gasteiger partial charge in [0.1, 0.15) is 17.4 Å². The summed E-state index contributed by atoms with van der Waals surface area (Å²) in [6.07, 6.45) is 0. The highest BCUT2D eigenvalue weighted by molar-refractivity contribution is 6.26. The summed E-state index contributed by atoms with van der Waals surface area (Å²) in [5, 5.41) is 14.2. The standard InChI is InChI=1S/C31H18FN3/c32-25-13-8-16-28(24(25)19-33)35-26-14-6-4-11-21(26)22-17-18-29-30(31(22)35)23-12-5-7-15-27(23)34(29)20-9-2-1-3-10-20/h1-18H. The Bertz CT molecular complexity index is 1970. The van der Waals surface area contributed by atoms with Crippen molar-refractivity contribution in [1.29, 1.82) is 5.26 Å². The van der Waals surface area contributed by atoms with E-state index < -0.39 is 5.82 Å². The molecule has 7 rings (SSSR count). The van der Waals surface area contributed by atoms with E-state index in [1.807, 2.05) is 54.6 Å². The number of aromatic nitrogens is 2. The maximum absolute atomic E-state index is 14.8. The minimum absolute atomic E-state index is 0.0407. The van der Waals surface area contributed by atoms with Crippen LogP contribution in [-0.2, 0) is 0 Å². The van der Waals surface area contributed by atoms with Crippen molar-refractivity contribution in [3.05, 3.63) is 121 Å². The first-order valence-corrected chi connectivity index (χ1v) is 11.5. The Kier molecular flexibility index (Phi) is 4.09. The van der Waals surface area contributed by atoms with Gasteiger partial charge in [0.25, 0.3) is 0 Å². The molecule has 0 bridgehead atoms. The summed E-state index contributed by atoms with van der Waals surface area (Å²) in [6, 6.07) is 38.0. The molecule has 4 heteroatoms. The van der Waals surface area contributed by atoms with Gasteiger partial charge in [0.15, 0.2) is 0 Å². The number of halogens is 1. The Morgan fingerprint density at radius 1 is 0.571 bits per heavy atom. The van der Waals surface area contributed by atoms with E-state index in [0.717, 1.165) is 49.3 Å². The molecule has 2 heterocycles. The Labute approximate surface area is 200 Å². The number of nitriles is 1. The molecule has 5 aromatic carbocycles. The zero-order valence-corrected chi connectivity index (χ0v) is 18.6. The molecule has 164 valence electrons. The molecule has 0 spiro atoms. The largest absolute Gasteiger partial charge is 0.309 e. The van der Waals surface area contributed by atoms with Crippen LogP contribution < -0.4 is 0 Å². The fourth-order valence-electron chi connectivity index (χ4n) is 5.42. The van der Waals surface area contributed by atoms with Crippen molar-refractivity contribution in [3.8, 4) is 17.4 Å². The molecule has 0 aliphatic carbocycles. The summed E-state index contributed by atoms with van der Waals surface area (Å²) in [5.41, 5.74) is 5.72. The fraction of sp³-hybridized carbons (Fsp3) is 0. The van der Waals surface area contributed by atoms with Crippen LogP contribution in [0.4, 0.5) is 4.39 Å². The first-order chi connectivity index (χ1) is 17.3. The summed E-state index contributed by atoms with van der Waals surface area (Å²) in [5.74, 6) is -0.519. The Balaban J connectivity index is 1.78. The zero-order valence-electron chi connectivity index (χ0n) is 18.6. The summed E-state index contributed by atoms with van der Waals surface area (Å²) >= 11 is 0. The molecule has 0 unspecified atom stereocenters. The van der Waals surface area contributed by atoms with E-state index in [0.29, 0.717) is 5.69 Å². The van der Waals surface area contributed by atoms with E-state index in [9.17, 15) is 9.65 Å². The third-order valence-corrected chi connectivity index (χ3v) is 6.83. The summed E-state index contributed by atoms with van der Waals surface area (Å²) in [6.45, 7) is 0. The zero-order chi connectivity index (χ0) is 23.5. The minimum Gasteiger partial charge on any atom is -0.309 e. The van der Waals surface area contributed by atoms with Crippen LogP contribution in [0, 0.1) is 17.1 Å². The van der Waals surface area contributed by atoms with Crippen LogP contribution in [-0.4, -0.2) is 9.13 Å². The second-order valence-electron chi connectivity index (χ2n) is 8.64. The molecule has 0 N–H and O–H groups in total. The Hall–Kier alpha value is -4.88. The van der Waals surface area contributed by atoms with Crippen LogP contribution in [0.25, 0.3) is 55.0 Å². The third-order valence-electron chi connectivity index (χ3n) is 6.83. The van der Waals surface area contributed by atoms with E-state index in [4.69, 9.17) is 0 Å². The molecular formula is C31H18FN3. The van der Waals surface area contributed by atoms with E-state index in [1.165, 1.54) is 6.07 Å². The minimum atomic E-state index is -0.519. The molecule has 0 fully saturated rings. The van der Waals surface area contributed by atoms with Gasteiger partial charge in [-0.2, -0.15) is 5.26 Å². The Morgan fingerprint density at radius 3 is 2.03 bits per heavy atom. The number of nitrogens with zero attached hydrogens (tertiary/aromatic N) is 3. The van der Waals surface area contributed by atoms with Gasteiger partial charge in [0, 0.05) is 27.2 Å². The van der Waals surface area contributed by atoms with Gasteiger partial charge in [0.05, 0.1) is 27.8 Å². The monoisotopic (exact) mass is 451 g/mol. The molecule has 35 heavy (non-hydrogen) atoms. The van der Waals surface area contributed by atoms with Gasteiger partial charge in [-0.1, -0.05) is 66.7 Å². The van der Waals surface area contributed by atoms with Crippen LogP contribution in [0.2, 0.25) is 0 Å². The van der Waals surface area contributed by atoms with E-state index >= 15 is 0 Å². The van der Waals surface area contributed by atoms with Crippen LogP contribution in [0.1, 0.15) is 5.56 Å². The van der Waals surface area contributed by atoms with Gasteiger partial charge in [-0.15, -0.1) is 0 Å². The molecule has 0 amide bonds. The molecule has 3 nitrogen and oxygen atoms in total. The van der Waals surface area contributed by atoms with Crippen molar-refractivity contribution < 1.29 is 4.39 Å². The van der Waals surface area contributed by atoms with Gasteiger partial charge in [-0.3, -0.25) is 0 Å². The van der Waals surface area contributed by atoms with Crippen molar-refractivity contribution in [3.63, 3.8) is 0 Å². The second-order valence-corrected chi connectivity index (χ2v) is 8.64. The highest BCUT2D eigenvalue weighted by Crippen LogP contribution is 2.42. The summed E-state index contributed by atoms with van der Waals surface area (Å²) in [4.78, 5) is 0. The van der Waals surface area contributed by atoms with Gasteiger partial charge in [0.2, 0.25) is 0 Å². The number of benzene rings is 5. The maximum atomic E-state index is 14.8. The van der Waals surface area contributed by atoms with Crippen LogP contribution in [0.15, 0.2) is 109 Å². The molecule has 0 radical (unpaired) electrons. The molecule has 0 atom stereocenters. The van der Waals surface area contributed by atoms with Crippen LogP contribution in [0.5, 0.6) is 0 Å². The lowest BCUT2D eigenvalue weighted by Crippen LogP contribution is -2.00. The molecule has 2 aromatic heterocycles. The van der Waals surface area contributed by atoms with Crippen molar-refractivity contribution in [2.75, 3.05) is 0 Å². The lowest BCUT2D eigenvalue weighted by atomic mass is 10.1. The highest BCUT2D eigenvalue weighted by atomic mass is 19.1. The highest BCUT2D eigenvalue weighted by Gasteiger charge is 2.22. The number of fused-ring (bicyclic) bond motifs is 7. The van der Waals surface area contributed by atoms with E-state index in [-0.39, 0.29) is 5.56 Å². The van der Waals surface area contributed by atoms with E-state index in [2.05, 4.69) is 57.7 Å². The quantitative estimate of drug-likeness (QED) is 0.263. The number of rotatable bonds is 2. The number of hydrogen-bond acceptors (Lipinski definition) is 1. The second kappa shape index (κ2) is 7.31. The molecular weight excluding hydrogens is 433 g/mol. The first kappa shape index (κ1) is 19.6. The first-order valence-electron chi connectivity index (χ1n) is 11.5. The predicted molar refractivity (Wildman–Crippen MR) is 140 cm³/mol. The lowest BCUT2D eigenvalue weighted by Gasteiger charge is -2.11. The number of para-hydroxylation sites is 3. The average molecular weight is 452 g/mol. The predicted octanol–water partition coefficient (Wildman–Crippen LogP) is 7.89. The molecule has 7 aromatic rings. The van der Waals surface area contributed by atoms with Gasteiger partial charge in [-0.25, -0.2) is 4.39 Å².